The molecule has 0 fully saturated rings. The van der Waals surface area contributed by atoms with E-state index in [2.05, 4.69) is 10.6 Å². The molecule has 0 spiro atoms. The third kappa shape index (κ3) is 3.74. The molecule has 6 nitrogen and oxygen atoms in total. The first-order valence-corrected chi connectivity index (χ1v) is 8.42. The van der Waals surface area contributed by atoms with Crippen molar-refractivity contribution in [2.45, 2.75) is 31.7 Å². The Balaban J connectivity index is 1.88. The molecule has 1 heterocycles. The molecule has 3 rings (SSSR count). The molecule has 2 aromatic rings. The van der Waals surface area contributed by atoms with Crippen molar-refractivity contribution < 1.29 is 19.5 Å². The van der Waals surface area contributed by atoms with Gasteiger partial charge in [0.1, 0.15) is 0 Å². The minimum absolute atomic E-state index is 0.0381. The second-order valence-electron chi connectivity index (χ2n) is 6.41. The van der Waals surface area contributed by atoms with Crippen molar-refractivity contribution >= 4 is 23.5 Å². The van der Waals surface area contributed by atoms with Crippen LogP contribution in [0.4, 0.5) is 5.69 Å². The summed E-state index contributed by atoms with van der Waals surface area (Å²) in [6.07, 6.45) is -0.187. The van der Waals surface area contributed by atoms with Crippen molar-refractivity contribution in [1.29, 1.82) is 0 Å². The quantitative estimate of drug-likeness (QED) is 0.771. The van der Waals surface area contributed by atoms with E-state index >= 15 is 0 Å². The first-order valence-electron chi connectivity index (χ1n) is 8.42. The van der Waals surface area contributed by atoms with E-state index in [1.807, 2.05) is 37.3 Å². The molecular weight excluding hydrogens is 332 g/mol. The van der Waals surface area contributed by atoms with Gasteiger partial charge in [-0.25, -0.2) is 0 Å². The number of carboxylic acids is 1. The minimum atomic E-state index is -1.000. The number of hydrogen-bond acceptors (Lipinski definition) is 3. The van der Waals surface area contributed by atoms with Crippen LogP contribution in [0.3, 0.4) is 0 Å². The van der Waals surface area contributed by atoms with Gasteiger partial charge in [0.2, 0.25) is 11.8 Å². The lowest BCUT2D eigenvalue weighted by Gasteiger charge is -2.27. The molecule has 6 heteroatoms. The molecule has 2 amide bonds. The number of nitrogens with one attached hydrogen (secondary N) is 2. The molecule has 1 aliphatic rings. The highest BCUT2D eigenvalue weighted by molar-refractivity contribution is 6.01. The molecule has 0 bridgehead atoms. The van der Waals surface area contributed by atoms with Crippen molar-refractivity contribution in [3.05, 3.63) is 65.2 Å². The number of benzene rings is 2. The predicted molar refractivity (Wildman–Crippen MR) is 96.7 cm³/mol. The fourth-order valence-corrected chi connectivity index (χ4v) is 3.31. The Kier molecular flexibility index (Phi) is 5.02. The average molecular weight is 352 g/mol. The molecule has 0 saturated carbocycles. The maximum atomic E-state index is 12.9. The number of anilines is 1. The second kappa shape index (κ2) is 7.39. The highest BCUT2D eigenvalue weighted by atomic mass is 16.4. The third-order valence-electron chi connectivity index (χ3n) is 4.58. The van der Waals surface area contributed by atoms with E-state index in [1.165, 1.54) is 0 Å². The van der Waals surface area contributed by atoms with E-state index in [0.29, 0.717) is 5.69 Å². The highest BCUT2D eigenvalue weighted by Gasteiger charge is 2.32. The SMILES string of the molecule is Cc1ccccc1C(CC(=O)O)NC(=O)C1CC(=O)Nc2ccccc21. The number of rotatable bonds is 5. The van der Waals surface area contributed by atoms with Crippen LogP contribution in [0.5, 0.6) is 0 Å². The predicted octanol–water partition coefficient (Wildman–Crippen LogP) is 2.75. The van der Waals surface area contributed by atoms with Gasteiger partial charge in [0, 0.05) is 12.1 Å². The lowest BCUT2D eigenvalue weighted by molar-refractivity contribution is -0.138. The van der Waals surface area contributed by atoms with E-state index in [1.54, 1.807) is 18.2 Å². The molecule has 2 unspecified atom stereocenters. The maximum absolute atomic E-state index is 12.9. The van der Waals surface area contributed by atoms with Gasteiger partial charge in [0.25, 0.3) is 0 Å². The average Bonchev–Trinajstić information content (AvgIpc) is 2.60. The first-order chi connectivity index (χ1) is 12.5. The lowest BCUT2D eigenvalue weighted by Crippen LogP contribution is -2.38. The molecule has 0 radical (unpaired) electrons. The number of carbonyl (C=O) groups excluding carboxylic acids is 2. The fraction of sp³-hybridized carbons (Fsp3) is 0.250. The maximum Gasteiger partial charge on any atom is 0.305 e. The number of fused-ring (bicyclic) bond motifs is 1. The van der Waals surface area contributed by atoms with Crippen LogP contribution in [0.25, 0.3) is 0 Å². The molecule has 1 aliphatic heterocycles. The van der Waals surface area contributed by atoms with Crippen molar-refractivity contribution in [2.75, 3.05) is 5.32 Å². The van der Waals surface area contributed by atoms with Crippen LogP contribution < -0.4 is 10.6 Å². The summed E-state index contributed by atoms with van der Waals surface area (Å²) in [7, 11) is 0. The van der Waals surface area contributed by atoms with Crippen molar-refractivity contribution in [3.8, 4) is 0 Å². The Morgan fingerprint density at radius 1 is 1.19 bits per heavy atom. The molecule has 0 aliphatic carbocycles. The molecule has 3 N–H and O–H groups in total. The van der Waals surface area contributed by atoms with Crippen LogP contribution in [0.2, 0.25) is 0 Å². The van der Waals surface area contributed by atoms with E-state index in [4.69, 9.17) is 0 Å². The second-order valence-corrected chi connectivity index (χ2v) is 6.41. The zero-order valence-corrected chi connectivity index (χ0v) is 14.4. The van der Waals surface area contributed by atoms with Gasteiger partial charge in [-0.3, -0.25) is 14.4 Å². The standard InChI is InChI=1S/C20H20N2O4/c1-12-6-2-3-7-13(12)17(11-19(24)25)22-20(26)15-10-18(23)21-16-9-5-4-8-14(15)16/h2-9,15,17H,10-11H2,1H3,(H,21,23)(H,22,26)(H,24,25). The van der Waals surface area contributed by atoms with Gasteiger partial charge in [0.05, 0.1) is 18.4 Å². The number of hydrogen-bond donors (Lipinski definition) is 3. The highest BCUT2D eigenvalue weighted by Crippen LogP contribution is 2.33. The van der Waals surface area contributed by atoms with E-state index in [0.717, 1.165) is 16.7 Å². The van der Waals surface area contributed by atoms with Gasteiger partial charge in [0.15, 0.2) is 0 Å². The van der Waals surface area contributed by atoms with Crippen LogP contribution in [0.15, 0.2) is 48.5 Å². The zero-order valence-electron chi connectivity index (χ0n) is 14.4. The van der Waals surface area contributed by atoms with E-state index < -0.39 is 17.9 Å². The first kappa shape index (κ1) is 17.7. The molecular formula is C20H20N2O4. The van der Waals surface area contributed by atoms with Gasteiger partial charge < -0.3 is 15.7 Å². The summed E-state index contributed by atoms with van der Waals surface area (Å²) in [6, 6.07) is 13.9. The van der Waals surface area contributed by atoms with E-state index in [-0.39, 0.29) is 24.7 Å². The summed E-state index contributed by atoms with van der Waals surface area (Å²) < 4.78 is 0. The summed E-state index contributed by atoms with van der Waals surface area (Å²) in [5.41, 5.74) is 3.02. The summed E-state index contributed by atoms with van der Waals surface area (Å²) >= 11 is 0. The topological polar surface area (TPSA) is 95.5 Å². The number of carboxylic acid groups (broad SMARTS) is 1. The Labute approximate surface area is 151 Å². The Morgan fingerprint density at radius 2 is 1.88 bits per heavy atom. The van der Waals surface area contributed by atoms with Crippen LogP contribution >= 0.6 is 0 Å². The number of carbonyl (C=O) groups is 3. The lowest BCUT2D eigenvalue weighted by atomic mass is 9.89. The van der Waals surface area contributed by atoms with Crippen molar-refractivity contribution in [3.63, 3.8) is 0 Å². The molecule has 134 valence electrons. The smallest absolute Gasteiger partial charge is 0.305 e. The number of aryl methyl sites for hydroxylation is 1. The van der Waals surface area contributed by atoms with Gasteiger partial charge in [-0.15, -0.1) is 0 Å². The van der Waals surface area contributed by atoms with Crippen LogP contribution in [0, 0.1) is 6.92 Å². The Bertz CT molecular complexity index is 862. The van der Waals surface area contributed by atoms with Crippen LogP contribution in [-0.4, -0.2) is 22.9 Å². The van der Waals surface area contributed by atoms with Gasteiger partial charge >= 0.3 is 5.97 Å². The third-order valence-corrected chi connectivity index (χ3v) is 4.58. The largest absolute Gasteiger partial charge is 0.481 e. The number of aliphatic carboxylic acids is 1. The van der Waals surface area contributed by atoms with Crippen LogP contribution in [0.1, 0.15) is 41.5 Å². The monoisotopic (exact) mass is 352 g/mol. The van der Waals surface area contributed by atoms with Gasteiger partial charge in [-0.1, -0.05) is 42.5 Å². The summed E-state index contributed by atoms with van der Waals surface area (Å²) in [5.74, 6) is -2.21. The fourth-order valence-electron chi connectivity index (χ4n) is 3.31. The summed E-state index contributed by atoms with van der Waals surface area (Å²) in [6.45, 7) is 1.87. The normalized spacial score (nSPS) is 17.0. The molecule has 0 aromatic heterocycles. The number of para-hydroxylation sites is 1. The van der Waals surface area contributed by atoms with Gasteiger partial charge in [-0.05, 0) is 29.7 Å². The molecule has 2 atom stereocenters. The van der Waals surface area contributed by atoms with Crippen molar-refractivity contribution in [2.24, 2.45) is 0 Å². The molecule has 26 heavy (non-hydrogen) atoms. The Morgan fingerprint density at radius 3 is 2.62 bits per heavy atom. The van der Waals surface area contributed by atoms with Gasteiger partial charge in [-0.2, -0.15) is 0 Å². The Hall–Kier alpha value is -3.15. The number of amides is 2. The molecule has 0 saturated heterocycles. The summed E-state index contributed by atoms with van der Waals surface area (Å²) in [4.78, 5) is 36.1. The minimum Gasteiger partial charge on any atom is -0.481 e. The van der Waals surface area contributed by atoms with Crippen LogP contribution in [-0.2, 0) is 14.4 Å². The van der Waals surface area contributed by atoms with Crippen molar-refractivity contribution in [1.82, 2.24) is 5.32 Å². The molecule has 2 aromatic carbocycles. The van der Waals surface area contributed by atoms with E-state index in [9.17, 15) is 19.5 Å². The zero-order chi connectivity index (χ0) is 18.7. The summed E-state index contributed by atoms with van der Waals surface area (Å²) in [5, 5.41) is 14.8.